The van der Waals surface area contributed by atoms with Gasteiger partial charge in [0.15, 0.2) is 0 Å². The molecule has 0 N–H and O–H groups in total. The number of carboxylic acid groups (broad SMARTS) is 2. The predicted octanol–water partition coefficient (Wildman–Crippen LogP) is 2.04. The summed E-state index contributed by atoms with van der Waals surface area (Å²) in [5.74, 6) is -4.09. The van der Waals surface area contributed by atoms with Crippen LogP contribution in [0.25, 0.3) is 0 Å². The molecule has 0 aromatic heterocycles. The molecule has 0 aliphatic carbocycles. The third-order valence-electron chi connectivity index (χ3n) is 3.76. The Bertz CT molecular complexity index is 826. The van der Waals surface area contributed by atoms with E-state index in [0.717, 1.165) is 24.3 Å². The fourth-order valence-corrected chi connectivity index (χ4v) is 2.64. The molecule has 0 amide bonds. The number of carboxylic acids is 2. The van der Waals surface area contributed by atoms with Crippen molar-refractivity contribution in [3.63, 3.8) is 0 Å². The molecule has 0 heterocycles. The average molecular weight is 390 g/mol. The van der Waals surface area contributed by atoms with Crippen LogP contribution >= 0.6 is 0 Å². The van der Waals surface area contributed by atoms with Gasteiger partial charge in [0.25, 0.3) is 0 Å². The van der Waals surface area contributed by atoms with Crippen molar-refractivity contribution in [3.8, 4) is 0 Å². The summed E-state index contributed by atoms with van der Waals surface area (Å²) in [7, 11) is 0. The number of alkyl halides is 6. The Balaban J connectivity index is 2.81. The van der Waals surface area contributed by atoms with E-state index in [0.29, 0.717) is 12.1 Å². The Kier molecular flexibility index (Phi) is 5.21. The van der Waals surface area contributed by atoms with Crippen LogP contribution in [0.1, 0.15) is 43.0 Å². The zero-order valence-electron chi connectivity index (χ0n) is 13.1. The molecule has 0 atom stereocenters. The number of hydrogen-bond donors (Lipinski definition) is 0. The fraction of sp³-hybridized carbons (Fsp3) is 0.176. The lowest BCUT2D eigenvalue weighted by Gasteiger charge is -2.22. The van der Waals surface area contributed by atoms with E-state index in [-0.39, 0.29) is 0 Å². The van der Waals surface area contributed by atoms with Crippen molar-refractivity contribution in [2.24, 2.45) is 0 Å². The van der Waals surface area contributed by atoms with Crippen molar-refractivity contribution in [2.75, 3.05) is 0 Å². The number of carbonyl (C=O) groups is 2. The third kappa shape index (κ3) is 4.21. The summed E-state index contributed by atoms with van der Waals surface area (Å²) in [5, 5.41) is 22.3. The molecule has 144 valence electrons. The largest absolute Gasteiger partial charge is 0.545 e. The van der Waals surface area contributed by atoms with Gasteiger partial charge >= 0.3 is 12.4 Å². The first-order valence-corrected chi connectivity index (χ1v) is 7.15. The van der Waals surface area contributed by atoms with Gasteiger partial charge in [-0.1, -0.05) is 24.3 Å². The number of rotatable bonds is 4. The Morgan fingerprint density at radius 1 is 0.704 bits per heavy atom. The van der Waals surface area contributed by atoms with Gasteiger partial charge in [-0.05, 0) is 29.7 Å². The minimum Gasteiger partial charge on any atom is -0.545 e. The summed E-state index contributed by atoms with van der Waals surface area (Å²) in [6.45, 7) is 0. The predicted molar refractivity (Wildman–Crippen MR) is 74.4 cm³/mol. The summed E-state index contributed by atoms with van der Waals surface area (Å²) in [6.07, 6.45) is -11.4. The molecule has 4 nitrogen and oxygen atoms in total. The Morgan fingerprint density at radius 3 is 1.30 bits per heavy atom. The zero-order chi connectivity index (χ0) is 20.6. The lowest BCUT2D eigenvalue weighted by atomic mass is 9.89. The lowest BCUT2D eigenvalue weighted by Crippen LogP contribution is -2.28. The topological polar surface area (TPSA) is 80.3 Å². The maximum Gasteiger partial charge on any atom is 0.416 e. The molecule has 10 heteroatoms. The van der Waals surface area contributed by atoms with E-state index >= 15 is 0 Å². The molecule has 0 bridgehead atoms. The van der Waals surface area contributed by atoms with Crippen LogP contribution in [-0.4, -0.2) is 11.9 Å². The molecular formula is C17H8F6O4-2. The first-order valence-electron chi connectivity index (χ1n) is 7.15. The molecule has 0 fully saturated rings. The number of aromatic carboxylic acids is 2. The van der Waals surface area contributed by atoms with Gasteiger partial charge in [0.05, 0.1) is 23.1 Å². The van der Waals surface area contributed by atoms with Crippen molar-refractivity contribution in [3.05, 3.63) is 69.8 Å². The highest BCUT2D eigenvalue weighted by Gasteiger charge is 2.37. The Hall–Kier alpha value is -3.04. The standard InChI is InChI=1S/C17H10F6O4/c18-16(19,20)12-5-1-3-8(14(24)25)10(12)7-11-9(15(26)27)4-2-6-13(11)17(21,22)23/h1-6H,7H2,(H,24,25)(H,26,27)/p-2. The maximum absolute atomic E-state index is 13.2. The molecule has 0 unspecified atom stereocenters. The van der Waals surface area contributed by atoms with Crippen molar-refractivity contribution in [1.29, 1.82) is 0 Å². The average Bonchev–Trinajstić information content (AvgIpc) is 2.52. The molecule has 2 rings (SSSR count). The summed E-state index contributed by atoms with van der Waals surface area (Å²) in [6, 6.07) is 3.94. The minimum atomic E-state index is -5.09. The SMILES string of the molecule is O=C([O-])c1cccc(C(F)(F)F)c1Cc1c(C(=O)[O-])cccc1C(F)(F)F. The first kappa shape index (κ1) is 20.3. The highest BCUT2D eigenvalue weighted by molar-refractivity contribution is 5.90. The minimum absolute atomic E-state index is 0.483. The van der Waals surface area contributed by atoms with Crippen LogP contribution in [0.2, 0.25) is 0 Å². The highest BCUT2D eigenvalue weighted by Crippen LogP contribution is 2.38. The molecule has 0 aliphatic heterocycles. The van der Waals surface area contributed by atoms with E-state index in [1.54, 1.807) is 0 Å². The van der Waals surface area contributed by atoms with Gasteiger partial charge in [0.2, 0.25) is 0 Å². The van der Waals surface area contributed by atoms with E-state index in [4.69, 9.17) is 0 Å². The van der Waals surface area contributed by atoms with Gasteiger partial charge in [0, 0.05) is 11.1 Å². The van der Waals surface area contributed by atoms with E-state index in [1.807, 2.05) is 0 Å². The smallest absolute Gasteiger partial charge is 0.416 e. The fourth-order valence-electron chi connectivity index (χ4n) is 2.64. The van der Waals surface area contributed by atoms with Crippen LogP contribution in [0.4, 0.5) is 26.3 Å². The third-order valence-corrected chi connectivity index (χ3v) is 3.76. The van der Waals surface area contributed by atoms with Gasteiger partial charge in [0.1, 0.15) is 0 Å². The summed E-state index contributed by atoms with van der Waals surface area (Å²) in [5.41, 5.74) is -7.08. The van der Waals surface area contributed by atoms with Crippen LogP contribution in [-0.2, 0) is 18.8 Å². The summed E-state index contributed by atoms with van der Waals surface area (Å²) >= 11 is 0. The quantitative estimate of drug-likeness (QED) is 0.749. The van der Waals surface area contributed by atoms with Crippen molar-refractivity contribution >= 4 is 11.9 Å². The van der Waals surface area contributed by atoms with Crippen LogP contribution in [0.3, 0.4) is 0 Å². The number of benzene rings is 2. The maximum atomic E-state index is 13.2. The van der Waals surface area contributed by atoms with Gasteiger partial charge in [-0.25, -0.2) is 0 Å². The van der Waals surface area contributed by atoms with Crippen LogP contribution in [0, 0.1) is 0 Å². The normalized spacial score (nSPS) is 12.1. The van der Waals surface area contributed by atoms with E-state index in [1.165, 1.54) is 0 Å². The second-order valence-electron chi connectivity index (χ2n) is 5.41. The summed E-state index contributed by atoms with van der Waals surface area (Å²) in [4.78, 5) is 22.3. The monoisotopic (exact) mass is 390 g/mol. The molecule has 0 radical (unpaired) electrons. The molecule has 2 aromatic carbocycles. The first-order chi connectivity index (χ1) is 12.3. The second-order valence-corrected chi connectivity index (χ2v) is 5.41. The molecule has 27 heavy (non-hydrogen) atoms. The molecule has 0 aliphatic rings. The van der Waals surface area contributed by atoms with E-state index in [9.17, 15) is 46.1 Å². The van der Waals surface area contributed by atoms with Crippen molar-refractivity contribution in [2.45, 2.75) is 18.8 Å². The van der Waals surface area contributed by atoms with Crippen molar-refractivity contribution < 1.29 is 46.1 Å². The molecular weight excluding hydrogens is 382 g/mol. The molecule has 0 spiro atoms. The highest BCUT2D eigenvalue weighted by atomic mass is 19.4. The number of carbonyl (C=O) groups excluding carboxylic acids is 2. The Labute approximate surface area is 147 Å². The van der Waals surface area contributed by atoms with Gasteiger partial charge < -0.3 is 19.8 Å². The van der Waals surface area contributed by atoms with E-state index in [2.05, 4.69) is 0 Å². The second kappa shape index (κ2) is 6.93. The van der Waals surface area contributed by atoms with Gasteiger partial charge in [-0.3, -0.25) is 0 Å². The zero-order valence-corrected chi connectivity index (χ0v) is 13.1. The van der Waals surface area contributed by atoms with Gasteiger partial charge in [-0.15, -0.1) is 0 Å². The molecule has 0 saturated carbocycles. The van der Waals surface area contributed by atoms with Crippen LogP contribution in [0.15, 0.2) is 36.4 Å². The molecule has 0 saturated heterocycles. The Morgan fingerprint density at radius 2 is 1.04 bits per heavy atom. The number of hydrogen-bond acceptors (Lipinski definition) is 4. The van der Waals surface area contributed by atoms with E-state index < -0.39 is 64.1 Å². The lowest BCUT2D eigenvalue weighted by molar-refractivity contribution is -0.256. The van der Waals surface area contributed by atoms with Gasteiger partial charge in [-0.2, -0.15) is 26.3 Å². The van der Waals surface area contributed by atoms with Crippen LogP contribution < -0.4 is 10.2 Å². The van der Waals surface area contributed by atoms with Crippen LogP contribution in [0.5, 0.6) is 0 Å². The van der Waals surface area contributed by atoms with Crippen molar-refractivity contribution in [1.82, 2.24) is 0 Å². The molecule has 2 aromatic rings. The number of halogens is 6. The summed E-state index contributed by atoms with van der Waals surface area (Å²) < 4.78 is 79.3.